The summed E-state index contributed by atoms with van der Waals surface area (Å²) >= 11 is 2.01. The standard InChI is InChI=1S/C23H21F2N3O6S2/c24-16-2-1-13(10-17(16)25)14-9-15(35-12-14)11-18-22(33)28(23(34)36-18)8-5-20(30)26-6-3-19(29)27-7-4-21(31)32/h1-2,9-12H,3-8H2,(H,26,30)(H,27,29)(H,31,32)/b18-11-. The monoisotopic (exact) mass is 537 g/mol. The van der Waals surface area contributed by atoms with Gasteiger partial charge in [-0.3, -0.25) is 28.9 Å². The van der Waals surface area contributed by atoms with Crippen molar-refractivity contribution in [1.82, 2.24) is 15.5 Å². The quantitative estimate of drug-likeness (QED) is 0.375. The van der Waals surface area contributed by atoms with Gasteiger partial charge in [-0.05, 0) is 52.5 Å². The third-order valence-corrected chi connectivity index (χ3v) is 6.70. The smallest absolute Gasteiger partial charge is 0.305 e. The Morgan fingerprint density at radius 3 is 2.33 bits per heavy atom. The molecule has 0 saturated carbocycles. The van der Waals surface area contributed by atoms with Crippen molar-refractivity contribution in [3.63, 3.8) is 0 Å². The molecule has 13 heteroatoms. The molecule has 1 aliphatic rings. The van der Waals surface area contributed by atoms with Crippen molar-refractivity contribution < 1.29 is 37.9 Å². The zero-order chi connectivity index (χ0) is 26.2. The number of carbonyl (C=O) groups is 5. The van der Waals surface area contributed by atoms with Gasteiger partial charge in [0.25, 0.3) is 11.1 Å². The van der Waals surface area contributed by atoms with Gasteiger partial charge in [-0.15, -0.1) is 11.3 Å². The predicted octanol–water partition coefficient (Wildman–Crippen LogP) is 3.22. The second-order valence-electron chi connectivity index (χ2n) is 7.54. The van der Waals surface area contributed by atoms with Crippen molar-refractivity contribution in [2.75, 3.05) is 19.6 Å². The molecule has 1 aromatic carbocycles. The molecule has 1 saturated heterocycles. The Morgan fingerprint density at radius 2 is 1.64 bits per heavy atom. The van der Waals surface area contributed by atoms with Gasteiger partial charge in [0.05, 0.1) is 11.3 Å². The van der Waals surface area contributed by atoms with Gasteiger partial charge < -0.3 is 15.7 Å². The van der Waals surface area contributed by atoms with Crippen LogP contribution in [0.3, 0.4) is 0 Å². The van der Waals surface area contributed by atoms with E-state index in [1.54, 1.807) is 11.4 Å². The highest BCUT2D eigenvalue weighted by atomic mass is 32.2. The van der Waals surface area contributed by atoms with Gasteiger partial charge in [0.2, 0.25) is 11.8 Å². The lowest BCUT2D eigenvalue weighted by Gasteiger charge is -2.12. The van der Waals surface area contributed by atoms with Crippen molar-refractivity contribution in [3.05, 3.63) is 51.1 Å². The molecule has 1 aromatic heterocycles. The molecular formula is C23H21F2N3O6S2. The Balaban J connectivity index is 1.48. The Morgan fingerprint density at radius 1 is 0.944 bits per heavy atom. The number of carbonyl (C=O) groups excluding carboxylic acids is 4. The number of carboxylic acids is 1. The second-order valence-corrected chi connectivity index (χ2v) is 9.48. The van der Waals surface area contributed by atoms with Crippen LogP contribution in [0.4, 0.5) is 13.6 Å². The molecule has 0 spiro atoms. The second kappa shape index (κ2) is 12.4. The van der Waals surface area contributed by atoms with Crippen molar-refractivity contribution in [3.8, 4) is 11.1 Å². The Hall–Kier alpha value is -3.58. The molecule has 4 amide bonds. The van der Waals surface area contributed by atoms with Gasteiger partial charge in [0.1, 0.15) is 0 Å². The molecule has 0 atom stereocenters. The largest absolute Gasteiger partial charge is 0.481 e. The molecule has 3 rings (SSSR count). The number of imide groups is 1. The van der Waals surface area contributed by atoms with E-state index in [0.29, 0.717) is 16.0 Å². The molecule has 36 heavy (non-hydrogen) atoms. The van der Waals surface area contributed by atoms with Crippen LogP contribution in [-0.4, -0.2) is 58.6 Å². The lowest BCUT2D eigenvalue weighted by Crippen LogP contribution is -2.35. The maximum absolute atomic E-state index is 13.5. The molecule has 0 bridgehead atoms. The van der Waals surface area contributed by atoms with E-state index in [1.807, 2.05) is 0 Å². The van der Waals surface area contributed by atoms with E-state index in [1.165, 1.54) is 23.5 Å². The molecular weight excluding hydrogens is 516 g/mol. The Labute approximate surface area is 212 Å². The minimum Gasteiger partial charge on any atom is -0.481 e. The first kappa shape index (κ1) is 27.0. The third-order valence-electron chi connectivity index (χ3n) is 4.92. The molecule has 190 valence electrons. The van der Waals surface area contributed by atoms with Crippen molar-refractivity contribution in [2.24, 2.45) is 0 Å². The SMILES string of the molecule is O=C(O)CCNC(=O)CCNC(=O)CCN1C(=O)S/C(=C\c2cc(-c3ccc(F)c(F)c3)cs2)C1=O. The van der Waals surface area contributed by atoms with E-state index in [-0.39, 0.29) is 43.8 Å². The van der Waals surface area contributed by atoms with E-state index in [0.717, 1.165) is 28.8 Å². The summed E-state index contributed by atoms with van der Waals surface area (Å²) in [6, 6.07) is 5.23. The molecule has 1 aliphatic heterocycles. The Bertz CT molecular complexity index is 1230. The number of nitrogens with zero attached hydrogens (tertiary/aromatic N) is 1. The van der Waals surface area contributed by atoms with E-state index in [2.05, 4.69) is 10.6 Å². The van der Waals surface area contributed by atoms with E-state index >= 15 is 0 Å². The highest BCUT2D eigenvalue weighted by Crippen LogP contribution is 2.35. The van der Waals surface area contributed by atoms with Crippen LogP contribution in [0.5, 0.6) is 0 Å². The topological polar surface area (TPSA) is 133 Å². The van der Waals surface area contributed by atoms with Crippen LogP contribution in [0, 0.1) is 11.6 Å². The lowest BCUT2D eigenvalue weighted by molar-refractivity contribution is -0.137. The zero-order valence-corrected chi connectivity index (χ0v) is 20.3. The van der Waals surface area contributed by atoms with E-state index in [4.69, 9.17) is 5.11 Å². The summed E-state index contributed by atoms with van der Waals surface area (Å²) in [7, 11) is 0. The third kappa shape index (κ3) is 7.46. The van der Waals surface area contributed by atoms with E-state index < -0.39 is 40.6 Å². The number of carboxylic acid groups (broad SMARTS) is 1. The summed E-state index contributed by atoms with van der Waals surface area (Å²) < 4.78 is 26.7. The fourth-order valence-electron chi connectivity index (χ4n) is 3.09. The molecule has 0 unspecified atom stereocenters. The van der Waals surface area contributed by atoms with Gasteiger partial charge in [-0.2, -0.15) is 0 Å². The molecule has 1 fully saturated rings. The fraction of sp³-hybridized carbons (Fsp3) is 0.261. The number of thiophene rings is 1. The minimum absolute atomic E-state index is 0.00755. The van der Waals surface area contributed by atoms with Crippen LogP contribution in [0.15, 0.2) is 34.6 Å². The first-order chi connectivity index (χ1) is 17.1. The lowest BCUT2D eigenvalue weighted by atomic mass is 10.1. The first-order valence-electron chi connectivity index (χ1n) is 10.7. The van der Waals surface area contributed by atoms with E-state index in [9.17, 15) is 32.8 Å². The summed E-state index contributed by atoms with van der Waals surface area (Å²) in [5.74, 6) is -4.36. The van der Waals surface area contributed by atoms with Gasteiger partial charge in [0.15, 0.2) is 11.6 Å². The maximum atomic E-state index is 13.5. The summed E-state index contributed by atoms with van der Waals surface area (Å²) in [6.45, 7) is -0.117. The summed E-state index contributed by atoms with van der Waals surface area (Å²) in [5.41, 5.74) is 1.11. The van der Waals surface area contributed by atoms with Crippen LogP contribution in [0.25, 0.3) is 17.2 Å². The van der Waals surface area contributed by atoms with Crippen LogP contribution in [0.1, 0.15) is 24.1 Å². The minimum atomic E-state index is -1.03. The number of thioether (sulfide) groups is 1. The van der Waals surface area contributed by atoms with Crippen LogP contribution < -0.4 is 10.6 Å². The number of halogens is 2. The van der Waals surface area contributed by atoms with Gasteiger partial charge >= 0.3 is 5.97 Å². The van der Waals surface area contributed by atoms with Crippen molar-refractivity contribution in [1.29, 1.82) is 0 Å². The predicted molar refractivity (Wildman–Crippen MR) is 130 cm³/mol. The number of amides is 4. The molecule has 9 nitrogen and oxygen atoms in total. The first-order valence-corrected chi connectivity index (χ1v) is 12.4. The molecule has 3 N–H and O–H groups in total. The highest BCUT2D eigenvalue weighted by molar-refractivity contribution is 8.18. The number of nitrogens with one attached hydrogen (secondary N) is 2. The van der Waals surface area contributed by atoms with Crippen molar-refractivity contribution in [2.45, 2.75) is 19.3 Å². The van der Waals surface area contributed by atoms with Gasteiger partial charge in [0, 0.05) is 37.4 Å². The fourth-order valence-corrected chi connectivity index (χ4v) is 4.87. The van der Waals surface area contributed by atoms with Crippen LogP contribution in [0.2, 0.25) is 0 Å². The summed E-state index contributed by atoms with van der Waals surface area (Å²) in [6.07, 6.45) is 1.14. The normalized spacial score (nSPS) is 14.4. The maximum Gasteiger partial charge on any atom is 0.305 e. The number of aliphatic carboxylic acids is 1. The molecule has 2 aromatic rings. The number of rotatable bonds is 11. The summed E-state index contributed by atoms with van der Waals surface area (Å²) in [5, 5.41) is 14.6. The van der Waals surface area contributed by atoms with Crippen LogP contribution in [-0.2, 0) is 19.2 Å². The highest BCUT2D eigenvalue weighted by Gasteiger charge is 2.35. The Kier molecular flexibility index (Phi) is 9.31. The van der Waals surface area contributed by atoms with Crippen molar-refractivity contribution >= 4 is 58.1 Å². The number of benzene rings is 1. The average molecular weight is 538 g/mol. The number of hydrogen-bond acceptors (Lipinski definition) is 7. The van der Waals surface area contributed by atoms with Gasteiger partial charge in [-0.25, -0.2) is 8.78 Å². The molecule has 2 heterocycles. The van der Waals surface area contributed by atoms with Crippen LogP contribution >= 0.6 is 23.1 Å². The van der Waals surface area contributed by atoms with Gasteiger partial charge in [-0.1, -0.05) is 6.07 Å². The molecule has 0 aliphatic carbocycles. The zero-order valence-electron chi connectivity index (χ0n) is 18.7. The average Bonchev–Trinajstić information content (AvgIpc) is 3.38. The molecule has 0 radical (unpaired) electrons. The number of hydrogen-bond donors (Lipinski definition) is 3. The summed E-state index contributed by atoms with van der Waals surface area (Å²) in [4.78, 5) is 60.7.